The van der Waals surface area contributed by atoms with Crippen molar-refractivity contribution in [2.75, 3.05) is 5.32 Å². The fourth-order valence-corrected chi connectivity index (χ4v) is 1.64. The third-order valence-corrected chi connectivity index (χ3v) is 2.57. The van der Waals surface area contributed by atoms with E-state index in [0.29, 0.717) is 12.8 Å². The Balaban J connectivity index is 2.64. The van der Waals surface area contributed by atoms with Gasteiger partial charge in [-0.15, -0.1) is 0 Å². The molecule has 0 radical (unpaired) electrons. The highest BCUT2D eigenvalue weighted by molar-refractivity contribution is 5.91. The van der Waals surface area contributed by atoms with Crippen LogP contribution in [0.25, 0.3) is 0 Å². The second-order valence-electron chi connectivity index (χ2n) is 4.46. The summed E-state index contributed by atoms with van der Waals surface area (Å²) in [6.45, 7) is 1.82. The molecule has 0 bridgehead atoms. The van der Waals surface area contributed by atoms with Crippen LogP contribution >= 0.6 is 0 Å². The van der Waals surface area contributed by atoms with Gasteiger partial charge in [0.05, 0.1) is 11.3 Å². The maximum absolute atomic E-state index is 12.7. The molecule has 1 aromatic carbocycles. The van der Waals surface area contributed by atoms with Gasteiger partial charge in [0.25, 0.3) is 0 Å². The SMILES string of the molecule is CC(N)CCCC(=O)Nc1ccccc1C(F)(F)F. The van der Waals surface area contributed by atoms with Gasteiger partial charge in [-0.3, -0.25) is 4.79 Å². The number of carbonyl (C=O) groups is 1. The highest BCUT2D eigenvalue weighted by atomic mass is 19.4. The number of rotatable bonds is 5. The predicted octanol–water partition coefficient (Wildman–Crippen LogP) is 3.16. The molecule has 6 heteroatoms. The van der Waals surface area contributed by atoms with Gasteiger partial charge in [0.2, 0.25) is 5.91 Å². The molecular weight excluding hydrogens is 257 g/mol. The topological polar surface area (TPSA) is 55.1 Å². The number of para-hydroxylation sites is 1. The number of hydrogen-bond acceptors (Lipinski definition) is 2. The molecule has 0 saturated carbocycles. The Bertz CT molecular complexity index is 430. The van der Waals surface area contributed by atoms with Crippen LogP contribution in [0, 0.1) is 0 Å². The van der Waals surface area contributed by atoms with E-state index < -0.39 is 17.6 Å². The molecule has 3 nitrogen and oxygen atoms in total. The largest absolute Gasteiger partial charge is 0.418 e. The maximum Gasteiger partial charge on any atom is 0.418 e. The molecule has 106 valence electrons. The molecule has 0 aliphatic rings. The Morgan fingerprint density at radius 1 is 1.37 bits per heavy atom. The van der Waals surface area contributed by atoms with Crippen LogP contribution in [0.1, 0.15) is 31.7 Å². The highest BCUT2D eigenvalue weighted by Gasteiger charge is 2.33. The van der Waals surface area contributed by atoms with E-state index in [1.807, 2.05) is 6.92 Å². The minimum absolute atomic E-state index is 0.0183. The average Bonchev–Trinajstić information content (AvgIpc) is 2.27. The van der Waals surface area contributed by atoms with Crippen molar-refractivity contribution in [1.29, 1.82) is 0 Å². The van der Waals surface area contributed by atoms with Gasteiger partial charge < -0.3 is 11.1 Å². The third kappa shape index (κ3) is 5.30. The molecule has 3 N–H and O–H groups in total. The van der Waals surface area contributed by atoms with Gasteiger partial charge in [0, 0.05) is 12.5 Å². The van der Waals surface area contributed by atoms with Gasteiger partial charge in [-0.1, -0.05) is 12.1 Å². The summed E-state index contributed by atoms with van der Waals surface area (Å²) in [6, 6.07) is 4.90. The second kappa shape index (κ2) is 6.56. The standard InChI is InChI=1S/C13H17F3N2O/c1-9(17)5-4-8-12(19)18-11-7-3-2-6-10(11)13(14,15)16/h2-3,6-7,9H,4-5,8,17H2,1H3,(H,18,19). The van der Waals surface area contributed by atoms with Crippen molar-refractivity contribution in [3.8, 4) is 0 Å². The predicted molar refractivity (Wildman–Crippen MR) is 67.6 cm³/mol. The number of nitrogens with one attached hydrogen (secondary N) is 1. The molecule has 1 aromatic rings. The molecule has 1 atom stereocenters. The van der Waals surface area contributed by atoms with E-state index in [1.54, 1.807) is 0 Å². The first-order valence-electron chi connectivity index (χ1n) is 6.02. The Morgan fingerprint density at radius 2 is 2.00 bits per heavy atom. The van der Waals surface area contributed by atoms with E-state index >= 15 is 0 Å². The summed E-state index contributed by atoms with van der Waals surface area (Å²) in [5.74, 6) is -0.433. The summed E-state index contributed by atoms with van der Waals surface area (Å²) < 4.78 is 38.1. The van der Waals surface area contributed by atoms with Crippen LogP contribution in [0.4, 0.5) is 18.9 Å². The van der Waals surface area contributed by atoms with Crippen molar-refractivity contribution in [3.63, 3.8) is 0 Å². The van der Waals surface area contributed by atoms with E-state index in [1.165, 1.54) is 18.2 Å². The number of halogens is 3. The molecule has 0 aromatic heterocycles. The zero-order valence-electron chi connectivity index (χ0n) is 10.6. The Morgan fingerprint density at radius 3 is 2.58 bits per heavy atom. The van der Waals surface area contributed by atoms with Crippen molar-refractivity contribution in [1.82, 2.24) is 0 Å². The number of alkyl halides is 3. The van der Waals surface area contributed by atoms with E-state index in [-0.39, 0.29) is 18.2 Å². The molecule has 0 fully saturated rings. The Kier molecular flexibility index (Phi) is 5.35. The average molecular weight is 274 g/mol. The first-order valence-corrected chi connectivity index (χ1v) is 6.02. The van der Waals surface area contributed by atoms with Crippen LogP contribution in [0.5, 0.6) is 0 Å². The number of hydrogen-bond donors (Lipinski definition) is 2. The normalized spacial score (nSPS) is 13.1. The zero-order chi connectivity index (χ0) is 14.5. The molecule has 0 aliphatic heterocycles. The van der Waals surface area contributed by atoms with E-state index in [4.69, 9.17) is 5.73 Å². The summed E-state index contributed by atoms with van der Waals surface area (Å²) in [5, 5.41) is 2.29. The minimum atomic E-state index is -4.48. The van der Waals surface area contributed by atoms with Gasteiger partial charge in [-0.25, -0.2) is 0 Å². The number of carbonyl (C=O) groups excluding carboxylic acids is 1. The summed E-state index contributed by atoms with van der Waals surface area (Å²) in [4.78, 5) is 11.6. The lowest BCUT2D eigenvalue weighted by Crippen LogP contribution is -2.18. The molecule has 1 amide bonds. The molecule has 0 aliphatic carbocycles. The molecule has 1 rings (SSSR count). The van der Waals surface area contributed by atoms with E-state index in [9.17, 15) is 18.0 Å². The Hall–Kier alpha value is -1.56. The van der Waals surface area contributed by atoms with Crippen LogP contribution in [0.15, 0.2) is 24.3 Å². The lowest BCUT2D eigenvalue weighted by molar-refractivity contribution is -0.137. The van der Waals surface area contributed by atoms with Crippen molar-refractivity contribution in [3.05, 3.63) is 29.8 Å². The van der Waals surface area contributed by atoms with Gasteiger partial charge in [-0.05, 0) is 31.9 Å². The number of amides is 1. The summed E-state index contributed by atoms with van der Waals surface area (Å²) in [5.41, 5.74) is 4.49. The fraction of sp³-hybridized carbons (Fsp3) is 0.462. The Labute approximate surface area is 110 Å². The van der Waals surface area contributed by atoms with Gasteiger partial charge in [0.15, 0.2) is 0 Å². The first kappa shape index (κ1) is 15.5. The van der Waals surface area contributed by atoms with Gasteiger partial charge in [0.1, 0.15) is 0 Å². The number of nitrogens with two attached hydrogens (primary N) is 1. The monoisotopic (exact) mass is 274 g/mol. The van der Waals surface area contributed by atoms with E-state index in [2.05, 4.69) is 5.32 Å². The van der Waals surface area contributed by atoms with Crippen LogP contribution in [-0.2, 0) is 11.0 Å². The molecular formula is C13H17F3N2O. The van der Waals surface area contributed by atoms with Crippen molar-refractivity contribution >= 4 is 11.6 Å². The molecule has 0 saturated heterocycles. The smallest absolute Gasteiger partial charge is 0.328 e. The summed E-state index contributed by atoms with van der Waals surface area (Å²) in [7, 11) is 0. The quantitative estimate of drug-likeness (QED) is 0.866. The van der Waals surface area contributed by atoms with Crippen LogP contribution < -0.4 is 11.1 Å². The molecule has 0 heterocycles. The number of anilines is 1. The van der Waals surface area contributed by atoms with Gasteiger partial charge in [-0.2, -0.15) is 13.2 Å². The van der Waals surface area contributed by atoms with Crippen LogP contribution in [-0.4, -0.2) is 11.9 Å². The van der Waals surface area contributed by atoms with Crippen LogP contribution in [0.2, 0.25) is 0 Å². The molecule has 1 unspecified atom stereocenters. The second-order valence-corrected chi connectivity index (χ2v) is 4.46. The van der Waals surface area contributed by atoms with Crippen molar-refractivity contribution in [2.24, 2.45) is 5.73 Å². The lowest BCUT2D eigenvalue weighted by Gasteiger charge is -2.13. The van der Waals surface area contributed by atoms with Crippen LogP contribution in [0.3, 0.4) is 0 Å². The lowest BCUT2D eigenvalue weighted by atomic mass is 10.1. The number of benzene rings is 1. The fourth-order valence-electron chi connectivity index (χ4n) is 1.64. The maximum atomic E-state index is 12.7. The highest BCUT2D eigenvalue weighted by Crippen LogP contribution is 2.34. The minimum Gasteiger partial charge on any atom is -0.328 e. The van der Waals surface area contributed by atoms with Crippen molar-refractivity contribution < 1.29 is 18.0 Å². The zero-order valence-corrected chi connectivity index (χ0v) is 10.6. The van der Waals surface area contributed by atoms with Gasteiger partial charge >= 0.3 is 6.18 Å². The van der Waals surface area contributed by atoms with Crippen molar-refractivity contribution in [2.45, 2.75) is 38.4 Å². The molecule has 19 heavy (non-hydrogen) atoms. The summed E-state index contributed by atoms with van der Waals surface area (Å²) >= 11 is 0. The summed E-state index contributed by atoms with van der Waals surface area (Å²) in [6.07, 6.45) is -3.10. The first-order chi connectivity index (χ1) is 8.80. The third-order valence-electron chi connectivity index (χ3n) is 2.57. The van der Waals surface area contributed by atoms with E-state index in [0.717, 1.165) is 6.07 Å². The molecule has 0 spiro atoms.